The molecular formula is C23H17ClF3N5O2S. The molecule has 0 amide bonds. The zero-order chi connectivity index (χ0) is 25.4. The number of alkyl halides is 3. The van der Waals surface area contributed by atoms with Gasteiger partial charge in [0.15, 0.2) is 0 Å². The highest BCUT2D eigenvalue weighted by molar-refractivity contribution is 7.18. The molecule has 0 saturated carbocycles. The second-order valence-corrected chi connectivity index (χ2v) is 8.50. The Morgan fingerprint density at radius 3 is 2.57 bits per heavy atom. The lowest BCUT2D eigenvalue weighted by molar-refractivity contribution is -0.192. The van der Waals surface area contributed by atoms with Gasteiger partial charge in [0.05, 0.1) is 22.0 Å². The molecule has 0 bridgehead atoms. The molecule has 4 rings (SSSR count). The number of carbonyl (C=O) groups is 1. The minimum absolute atomic E-state index is 0.501. The number of nitrogens with zero attached hydrogens (tertiary/aromatic N) is 4. The van der Waals surface area contributed by atoms with Gasteiger partial charge in [0, 0.05) is 17.8 Å². The van der Waals surface area contributed by atoms with Gasteiger partial charge in [0.1, 0.15) is 10.9 Å². The number of para-hydroxylation sites is 1. The normalized spacial score (nSPS) is 11.7. The molecule has 0 aliphatic heterocycles. The van der Waals surface area contributed by atoms with E-state index in [1.807, 2.05) is 48.5 Å². The summed E-state index contributed by atoms with van der Waals surface area (Å²) in [7, 11) is 0. The van der Waals surface area contributed by atoms with Crippen LogP contribution < -0.4 is 5.32 Å². The van der Waals surface area contributed by atoms with Crippen LogP contribution in [0.2, 0.25) is 5.02 Å². The molecule has 0 saturated heterocycles. The van der Waals surface area contributed by atoms with Crippen molar-refractivity contribution in [2.75, 3.05) is 11.9 Å². The van der Waals surface area contributed by atoms with Crippen LogP contribution in [0.5, 0.6) is 0 Å². The van der Waals surface area contributed by atoms with E-state index in [1.54, 1.807) is 12.3 Å². The van der Waals surface area contributed by atoms with Gasteiger partial charge in [0.2, 0.25) is 5.95 Å². The summed E-state index contributed by atoms with van der Waals surface area (Å²) in [4.78, 5) is 22.3. The minimum atomic E-state index is -5.08. The number of aliphatic carboxylic acids is 1. The van der Waals surface area contributed by atoms with Gasteiger partial charge < -0.3 is 10.4 Å². The molecular weight excluding hydrogens is 503 g/mol. The SMILES string of the molecule is N#CC(c1ccnc(NCCc2cccc(Cl)c2)n1)c1nc2ccccc2s1.O=C(O)C(F)(F)F. The van der Waals surface area contributed by atoms with Crippen LogP contribution in [0.4, 0.5) is 19.1 Å². The van der Waals surface area contributed by atoms with Gasteiger partial charge in [-0.05, 0) is 42.3 Å². The number of aromatic nitrogens is 3. The number of anilines is 1. The number of halogens is 4. The second kappa shape index (κ2) is 11.6. The first kappa shape index (κ1) is 25.9. The average molecular weight is 520 g/mol. The fourth-order valence-electron chi connectivity index (χ4n) is 2.89. The molecule has 0 aliphatic rings. The maximum absolute atomic E-state index is 10.6. The van der Waals surface area contributed by atoms with Gasteiger partial charge in [0.25, 0.3) is 0 Å². The summed E-state index contributed by atoms with van der Waals surface area (Å²) < 4.78 is 32.8. The van der Waals surface area contributed by atoms with E-state index in [0.717, 1.165) is 32.2 Å². The first-order valence-electron chi connectivity index (χ1n) is 10.0. The molecule has 1 atom stereocenters. The number of nitrogens with one attached hydrogen (secondary N) is 1. The van der Waals surface area contributed by atoms with E-state index in [2.05, 4.69) is 26.3 Å². The quantitative estimate of drug-likeness (QED) is 0.337. The van der Waals surface area contributed by atoms with Gasteiger partial charge in [-0.3, -0.25) is 0 Å². The molecule has 1 unspecified atom stereocenters. The molecule has 2 aromatic heterocycles. The van der Waals surface area contributed by atoms with Gasteiger partial charge in [-0.2, -0.15) is 18.4 Å². The molecule has 2 N–H and O–H groups in total. The summed E-state index contributed by atoms with van der Waals surface area (Å²) in [6.07, 6.45) is -2.62. The predicted molar refractivity (Wildman–Crippen MR) is 126 cm³/mol. The van der Waals surface area contributed by atoms with Crippen molar-refractivity contribution in [2.24, 2.45) is 0 Å². The van der Waals surface area contributed by atoms with Crippen molar-refractivity contribution in [3.05, 3.63) is 82.1 Å². The number of hydrogen-bond donors (Lipinski definition) is 2. The van der Waals surface area contributed by atoms with Crippen molar-refractivity contribution < 1.29 is 23.1 Å². The molecule has 0 spiro atoms. The second-order valence-electron chi connectivity index (χ2n) is 7.00. The molecule has 2 heterocycles. The maximum Gasteiger partial charge on any atom is 0.490 e. The molecule has 4 aromatic rings. The van der Waals surface area contributed by atoms with E-state index < -0.39 is 18.1 Å². The van der Waals surface area contributed by atoms with Crippen molar-refractivity contribution in [1.82, 2.24) is 15.0 Å². The van der Waals surface area contributed by atoms with E-state index in [1.165, 1.54) is 11.3 Å². The van der Waals surface area contributed by atoms with Crippen molar-refractivity contribution in [1.29, 1.82) is 5.26 Å². The number of carboxylic acids is 1. The number of nitriles is 1. The highest BCUT2D eigenvalue weighted by atomic mass is 35.5. The fourth-order valence-corrected chi connectivity index (χ4v) is 4.13. The Hall–Kier alpha value is -3.75. The monoisotopic (exact) mass is 519 g/mol. The van der Waals surface area contributed by atoms with Crippen LogP contribution in [-0.2, 0) is 11.2 Å². The van der Waals surface area contributed by atoms with Crippen LogP contribution in [0.15, 0.2) is 60.8 Å². The van der Waals surface area contributed by atoms with Gasteiger partial charge in [-0.1, -0.05) is 35.9 Å². The van der Waals surface area contributed by atoms with E-state index in [4.69, 9.17) is 21.5 Å². The largest absolute Gasteiger partial charge is 0.490 e. The molecule has 7 nitrogen and oxygen atoms in total. The number of fused-ring (bicyclic) bond motifs is 1. The first-order chi connectivity index (χ1) is 16.7. The molecule has 35 heavy (non-hydrogen) atoms. The number of carboxylic acid groups (broad SMARTS) is 1. The van der Waals surface area contributed by atoms with E-state index in [-0.39, 0.29) is 0 Å². The Bertz CT molecular complexity index is 1320. The van der Waals surface area contributed by atoms with Crippen LogP contribution in [0.3, 0.4) is 0 Å². The van der Waals surface area contributed by atoms with Crippen molar-refractivity contribution in [2.45, 2.75) is 18.5 Å². The lowest BCUT2D eigenvalue weighted by Gasteiger charge is -2.09. The van der Waals surface area contributed by atoms with E-state index in [0.29, 0.717) is 18.2 Å². The molecule has 180 valence electrons. The number of thiazole rings is 1. The number of benzene rings is 2. The van der Waals surface area contributed by atoms with Crippen molar-refractivity contribution >= 4 is 45.1 Å². The third-order valence-corrected chi connectivity index (χ3v) is 5.82. The van der Waals surface area contributed by atoms with Crippen LogP contribution in [-0.4, -0.2) is 38.7 Å². The lowest BCUT2D eigenvalue weighted by atomic mass is 10.1. The number of hydrogen-bond acceptors (Lipinski definition) is 7. The third kappa shape index (κ3) is 7.37. The molecule has 12 heteroatoms. The Morgan fingerprint density at radius 2 is 1.91 bits per heavy atom. The molecule has 0 fully saturated rings. The first-order valence-corrected chi connectivity index (χ1v) is 11.2. The predicted octanol–water partition coefficient (Wildman–Crippen LogP) is 5.68. The Morgan fingerprint density at radius 1 is 1.17 bits per heavy atom. The van der Waals surface area contributed by atoms with Gasteiger partial charge >= 0.3 is 12.1 Å². The van der Waals surface area contributed by atoms with E-state index in [9.17, 15) is 18.4 Å². The molecule has 0 radical (unpaired) electrons. The Labute approximate surface area is 206 Å². The summed E-state index contributed by atoms with van der Waals surface area (Å²) in [5, 5.41) is 21.5. The van der Waals surface area contributed by atoms with E-state index >= 15 is 0 Å². The highest BCUT2D eigenvalue weighted by Gasteiger charge is 2.38. The maximum atomic E-state index is 10.6. The summed E-state index contributed by atoms with van der Waals surface area (Å²) >= 11 is 7.54. The summed E-state index contributed by atoms with van der Waals surface area (Å²) in [6.45, 7) is 0.669. The standard InChI is InChI=1S/C21H16ClN5S.C2HF3O2/c22-15-5-3-4-14(12-15)8-10-24-21-25-11-9-17(27-21)16(13-23)20-26-18-6-1-2-7-19(18)28-20;3-2(4,5)1(6)7/h1-7,9,11-12,16H,8,10H2,(H,24,25,27);(H,6,7). The van der Waals surface area contributed by atoms with Crippen molar-refractivity contribution in [3.63, 3.8) is 0 Å². The van der Waals surface area contributed by atoms with Crippen LogP contribution >= 0.6 is 22.9 Å². The smallest absolute Gasteiger partial charge is 0.475 e. The average Bonchev–Trinajstić information content (AvgIpc) is 3.23. The third-order valence-electron chi connectivity index (χ3n) is 4.49. The highest BCUT2D eigenvalue weighted by Crippen LogP contribution is 2.30. The zero-order valence-corrected chi connectivity index (χ0v) is 19.4. The van der Waals surface area contributed by atoms with Gasteiger partial charge in [-0.15, -0.1) is 11.3 Å². The fraction of sp³-hybridized carbons (Fsp3) is 0.174. The van der Waals surface area contributed by atoms with Crippen LogP contribution in [0, 0.1) is 11.3 Å². The zero-order valence-electron chi connectivity index (χ0n) is 17.8. The Balaban J connectivity index is 0.000000429. The van der Waals surface area contributed by atoms with Crippen molar-refractivity contribution in [3.8, 4) is 6.07 Å². The Kier molecular flexibility index (Phi) is 8.57. The minimum Gasteiger partial charge on any atom is -0.475 e. The topological polar surface area (TPSA) is 112 Å². The summed E-state index contributed by atoms with van der Waals surface area (Å²) in [5.41, 5.74) is 2.68. The summed E-state index contributed by atoms with van der Waals surface area (Å²) in [6, 6.07) is 19.7. The molecule has 0 aliphatic carbocycles. The van der Waals surface area contributed by atoms with Crippen LogP contribution in [0.25, 0.3) is 10.2 Å². The van der Waals surface area contributed by atoms with Gasteiger partial charge in [-0.25, -0.2) is 19.7 Å². The molecule has 2 aromatic carbocycles. The summed E-state index contributed by atoms with van der Waals surface area (Å²) in [5.74, 6) is -2.78. The van der Waals surface area contributed by atoms with Crippen LogP contribution in [0.1, 0.15) is 22.2 Å². The number of rotatable bonds is 6. The lowest BCUT2D eigenvalue weighted by Crippen LogP contribution is -2.21.